The van der Waals surface area contributed by atoms with Gasteiger partial charge in [-0.25, -0.2) is 4.29 Å². The average molecular weight is 173 g/mol. The van der Waals surface area contributed by atoms with E-state index in [-0.39, 0.29) is 0 Å². The molecule has 4 heteroatoms. The van der Waals surface area contributed by atoms with Crippen molar-refractivity contribution < 1.29 is 4.29 Å². The van der Waals surface area contributed by atoms with Gasteiger partial charge in [0.05, 0.1) is 11.9 Å². The number of para-hydroxylation sites is 1. The number of hydrogen-bond donors (Lipinski definition) is 2. The molecule has 0 spiro atoms. The van der Waals surface area contributed by atoms with Crippen LogP contribution in [0.3, 0.4) is 0 Å². The smallest absolute Gasteiger partial charge is 0.201 e. The molecular formula is C7H9ClN2O. The monoisotopic (exact) mass is 172 g/mol. The summed E-state index contributed by atoms with van der Waals surface area (Å²) in [5.41, 5.74) is 6.22. The Morgan fingerprint density at radius 1 is 1.36 bits per heavy atom. The normalized spacial score (nSPS) is 12.5. The van der Waals surface area contributed by atoms with E-state index in [4.69, 9.17) is 17.6 Å². The van der Waals surface area contributed by atoms with E-state index < -0.39 is 6.35 Å². The maximum Gasteiger partial charge on any atom is 0.201 e. The lowest BCUT2D eigenvalue weighted by molar-refractivity contribution is 0.264. The van der Waals surface area contributed by atoms with Crippen molar-refractivity contribution in [3.8, 4) is 0 Å². The number of nitrogens with one attached hydrogen (secondary N) is 1. The summed E-state index contributed by atoms with van der Waals surface area (Å²) in [5.74, 6) is 0. The van der Waals surface area contributed by atoms with Crippen molar-refractivity contribution in [3.63, 3.8) is 0 Å². The first-order valence-electron chi connectivity index (χ1n) is 3.17. The van der Waals surface area contributed by atoms with Gasteiger partial charge in [0, 0.05) is 5.69 Å². The van der Waals surface area contributed by atoms with Crippen molar-refractivity contribution in [1.82, 2.24) is 0 Å². The van der Waals surface area contributed by atoms with E-state index in [0.717, 1.165) is 5.69 Å². The fourth-order valence-electron chi connectivity index (χ4n) is 0.721. The Morgan fingerprint density at radius 3 is 2.55 bits per heavy atom. The SMILES string of the molecule is N[C@@H](Nc1ccccc1)OCl. The zero-order valence-corrected chi connectivity index (χ0v) is 6.58. The Morgan fingerprint density at radius 2 is 2.00 bits per heavy atom. The van der Waals surface area contributed by atoms with E-state index in [1.807, 2.05) is 30.3 Å². The van der Waals surface area contributed by atoms with Crippen LogP contribution in [-0.2, 0) is 4.29 Å². The molecule has 0 aliphatic rings. The van der Waals surface area contributed by atoms with E-state index in [1.165, 1.54) is 0 Å². The summed E-state index contributed by atoms with van der Waals surface area (Å²) in [4.78, 5) is 0. The molecule has 60 valence electrons. The van der Waals surface area contributed by atoms with Crippen LogP contribution in [0, 0.1) is 0 Å². The molecule has 0 aliphatic heterocycles. The van der Waals surface area contributed by atoms with Crippen LogP contribution in [0.1, 0.15) is 0 Å². The predicted octanol–water partition coefficient (Wildman–Crippen LogP) is 1.51. The molecule has 3 nitrogen and oxygen atoms in total. The summed E-state index contributed by atoms with van der Waals surface area (Å²) >= 11 is 5.01. The minimum Gasteiger partial charge on any atom is -0.347 e. The molecule has 1 atom stereocenters. The highest BCUT2D eigenvalue weighted by Gasteiger charge is 1.97. The molecule has 0 bridgehead atoms. The van der Waals surface area contributed by atoms with Gasteiger partial charge in [-0.15, -0.1) is 0 Å². The largest absolute Gasteiger partial charge is 0.347 e. The molecular weight excluding hydrogens is 164 g/mol. The Hall–Kier alpha value is -0.770. The van der Waals surface area contributed by atoms with Gasteiger partial charge in [0.25, 0.3) is 0 Å². The highest BCUT2D eigenvalue weighted by molar-refractivity contribution is 6.07. The summed E-state index contributed by atoms with van der Waals surface area (Å²) in [6, 6.07) is 9.44. The van der Waals surface area contributed by atoms with Gasteiger partial charge in [0.2, 0.25) is 6.35 Å². The molecule has 0 heterocycles. The first-order chi connectivity index (χ1) is 5.33. The third kappa shape index (κ3) is 2.76. The maximum atomic E-state index is 5.34. The fourth-order valence-corrected chi connectivity index (χ4v) is 0.765. The third-order valence-corrected chi connectivity index (χ3v) is 1.37. The lowest BCUT2D eigenvalue weighted by Crippen LogP contribution is -2.29. The molecule has 0 fully saturated rings. The molecule has 0 amide bonds. The van der Waals surface area contributed by atoms with Crippen molar-refractivity contribution in [2.24, 2.45) is 5.73 Å². The van der Waals surface area contributed by atoms with Gasteiger partial charge in [-0.1, -0.05) is 18.2 Å². The second kappa shape index (κ2) is 4.18. The molecule has 3 N–H and O–H groups in total. The first-order valence-corrected chi connectivity index (χ1v) is 3.48. The Bertz CT molecular complexity index is 205. The van der Waals surface area contributed by atoms with Crippen LogP contribution in [-0.4, -0.2) is 6.35 Å². The average Bonchev–Trinajstić information content (AvgIpc) is 2.06. The zero-order valence-electron chi connectivity index (χ0n) is 5.83. The van der Waals surface area contributed by atoms with Crippen molar-refractivity contribution in [1.29, 1.82) is 0 Å². The number of anilines is 1. The number of hydrogen-bond acceptors (Lipinski definition) is 3. The molecule has 1 rings (SSSR count). The van der Waals surface area contributed by atoms with Crippen LogP contribution in [0.15, 0.2) is 30.3 Å². The summed E-state index contributed by atoms with van der Waals surface area (Å²) < 4.78 is 4.29. The van der Waals surface area contributed by atoms with Gasteiger partial charge in [-0.2, -0.15) is 0 Å². The summed E-state index contributed by atoms with van der Waals surface area (Å²) in [7, 11) is 0. The molecule has 0 radical (unpaired) electrons. The minimum absolute atomic E-state index is 0.668. The standard InChI is InChI=1S/C7H9ClN2O/c8-11-7(9)10-6-4-2-1-3-5-6/h1-5,7,10H,9H2/t7-/m0/s1. The Labute approximate surface area is 70.3 Å². The van der Waals surface area contributed by atoms with Crippen LogP contribution in [0.4, 0.5) is 5.69 Å². The number of halogens is 1. The number of benzene rings is 1. The van der Waals surface area contributed by atoms with Gasteiger partial charge in [0.1, 0.15) is 0 Å². The van der Waals surface area contributed by atoms with E-state index in [9.17, 15) is 0 Å². The van der Waals surface area contributed by atoms with Crippen LogP contribution in [0.5, 0.6) is 0 Å². The fraction of sp³-hybridized carbons (Fsp3) is 0.143. The summed E-state index contributed by atoms with van der Waals surface area (Å²) in [6.07, 6.45) is -0.668. The van der Waals surface area contributed by atoms with Gasteiger partial charge in [-0.05, 0) is 12.1 Å². The van der Waals surface area contributed by atoms with Crippen LogP contribution < -0.4 is 11.1 Å². The lowest BCUT2D eigenvalue weighted by atomic mass is 10.3. The quantitative estimate of drug-likeness (QED) is 0.680. The topological polar surface area (TPSA) is 47.3 Å². The van der Waals surface area contributed by atoms with E-state index >= 15 is 0 Å². The van der Waals surface area contributed by atoms with Crippen LogP contribution in [0.25, 0.3) is 0 Å². The molecule has 1 aromatic rings. The number of nitrogens with two attached hydrogens (primary N) is 1. The number of rotatable bonds is 3. The molecule has 1 aromatic carbocycles. The molecule has 0 saturated heterocycles. The first kappa shape index (κ1) is 8.33. The van der Waals surface area contributed by atoms with Crippen LogP contribution >= 0.6 is 11.9 Å². The van der Waals surface area contributed by atoms with Gasteiger partial charge < -0.3 is 5.32 Å². The molecule has 0 unspecified atom stereocenters. The van der Waals surface area contributed by atoms with Gasteiger partial charge >= 0.3 is 0 Å². The summed E-state index contributed by atoms with van der Waals surface area (Å²) in [5, 5.41) is 2.82. The zero-order chi connectivity index (χ0) is 8.10. The Kier molecular flexibility index (Phi) is 3.16. The van der Waals surface area contributed by atoms with Gasteiger partial charge in [0.15, 0.2) is 0 Å². The van der Waals surface area contributed by atoms with Crippen molar-refractivity contribution >= 4 is 17.6 Å². The summed E-state index contributed by atoms with van der Waals surface area (Å²) in [6.45, 7) is 0. The Balaban J connectivity index is 2.51. The van der Waals surface area contributed by atoms with E-state index in [0.29, 0.717) is 0 Å². The van der Waals surface area contributed by atoms with Gasteiger partial charge in [-0.3, -0.25) is 5.73 Å². The molecule has 11 heavy (non-hydrogen) atoms. The minimum atomic E-state index is -0.668. The molecule has 0 saturated carbocycles. The second-order valence-corrected chi connectivity index (χ2v) is 2.20. The van der Waals surface area contributed by atoms with Crippen molar-refractivity contribution in [3.05, 3.63) is 30.3 Å². The molecule has 0 aliphatic carbocycles. The molecule has 0 aromatic heterocycles. The highest BCUT2D eigenvalue weighted by Crippen LogP contribution is 2.05. The third-order valence-electron chi connectivity index (χ3n) is 1.18. The van der Waals surface area contributed by atoms with E-state index in [1.54, 1.807) is 0 Å². The highest BCUT2D eigenvalue weighted by atomic mass is 35.5. The van der Waals surface area contributed by atoms with Crippen molar-refractivity contribution in [2.75, 3.05) is 5.32 Å². The van der Waals surface area contributed by atoms with E-state index in [2.05, 4.69) is 9.61 Å². The maximum absolute atomic E-state index is 5.34. The predicted molar refractivity (Wildman–Crippen MR) is 45.0 cm³/mol. The lowest BCUT2D eigenvalue weighted by Gasteiger charge is -2.10. The second-order valence-electron chi connectivity index (χ2n) is 2.02. The van der Waals surface area contributed by atoms with Crippen molar-refractivity contribution in [2.45, 2.75) is 6.35 Å². The van der Waals surface area contributed by atoms with Crippen LogP contribution in [0.2, 0.25) is 0 Å².